The summed E-state index contributed by atoms with van der Waals surface area (Å²) in [4.78, 5) is 0. The summed E-state index contributed by atoms with van der Waals surface area (Å²) in [5, 5.41) is 3.04. The zero-order valence-corrected chi connectivity index (χ0v) is 33.5. The Kier molecular flexibility index (Phi) is 7.36. The van der Waals surface area contributed by atoms with E-state index >= 15 is 0 Å². The average Bonchev–Trinajstić information content (AvgIpc) is 3.68. The number of hydrogen-bond donors (Lipinski definition) is 0. The van der Waals surface area contributed by atoms with E-state index in [1.54, 1.807) is 49.9 Å². The van der Waals surface area contributed by atoms with E-state index in [2.05, 4.69) is 122 Å². The van der Waals surface area contributed by atoms with Crippen LogP contribution >= 0.6 is 0 Å². The molecule has 3 saturated carbocycles. The van der Waals surface area contributed by atoms with Crippen molar-refractivity contribution >= 4 is 21.9 Å². The lowest BCUT2D eigenvalue weighted by Crippen LogP contribution is -2.66. The van der Waals surface area contributed by atoms with E-state index in [1.165, 1.54) is 86.3 Å². The molecule has 0 aromatic heterocycles. The van der Waals surface area contributed by atoms with E-state index < -0.39 is 0 Å². The first-order chi connectivity index (χ1) is 25.0. The third kappa shape index (κ3) is 4.11. The van der Waals surface area contributed by atoms with E-state index in [0.29, 0.717) is 11.8 Å². The minimum Gasteiger partial charge on any atom is -0.0625 e. The van der Waals surface area contributed by atoms with Gasteiger partial charge in [-0.25, -0.2) is 0 Å². The summed E-state index contributed by atoms with van der Waals surface area (Å²) in [5.74, 6) is 5.12. The van der Waals surface area contributed by atoms with Gasteiger partial charge in [0.25, 0.3) is 0 Å². The van der Waals surface area contributed by atoms with Crippen LogP contribution in [0.25, 0.3) is 33.0 Å². The number of allylic oxidation sites excluding steroid dienone is 2. The molecule has 0 amide bonds. The molecule has 0 bridgehead atoms. The van der Waals surface area contributed by atoms with Crippen molar-refractivity contribution in [2.24, 2.45) is 35.5 Å². The zero-order valence-electron chi connectivity index (χ0n) is 33.5. The second-order valence-corrected chi connectivity index (χ2v) is 20.1. The third-order valence-corrected chi connectivity index (χ3v) is 16.3. The molecule has 0 nitrogen and oxygen atoms in total. The highest BCUT2D eigenvalue weighted by Crippen LogP contribution is 2.76. The molecular formula is C52H62. The molecule has 2 atom stereocenters. The molecule has 270 valence electrons. The normalized spacial score (nSPS) is 28.7. The highest BCUT2D eigenvalue weighted by Gasteiger charge is 2.70. The molecule has 3 fully saturated rings. The summed E-state index contributed by atoms with van der Waals surface area (Å²) in [7, 11) is 0. The first kappa shape index (κ1) is 33.4. The predicted molar refractivity (Wildman–Crippen MR) is 222 cm³/mol. The fraction of sp³-hybridized carbons (Fsp3) is 0.538. The van der Waals surface area contributed by atoms with Gasteiger partial charge in [-0.15, -0.1) is 0 Å². The van der Waals surface area contributed by atoms with Gasteiger partial charge in [-0.1, -0.05) is 186 Å². The van der Waals surface area contributed by atoms with Crippen LogP contribution in [0.3, 0.4) is 0 Å². The van der Waals surface area contributed by atoms with Gasteiger partial charge in [-0.2, -0.15) is 0 Å². The van der Waals surface area contributed by atoms with Crippen molar-refractivity contribution in [1.29, 1.82) is 0 Å². The monoisotopic (exact) mass is 686 g/mol. The van der Waals surface area contributed by atoms with Gasteiger partial charge in [0.05, 0.1) is 0 Å². The van der Waals surface area contributed by atoms with Crippen LogP contribution < -0.4 is 0 Å². The van der Waals surface area contributed by atoms with Gasteiger partial charge in [0.2, 0.25) is 0 Å². The molecule has 0 aliphatic heterocycles. The number of benzene rings is 4. The Hall–Kier alpha value is -3.12. The first-order valence-electron chi connectivity index (χ1n) is 21.6. The molecule has 0 N–H and O–H groups in total. The minimum atomic E-state index is -0.0684. The summed E-state index contributed by atoms with van der Waals surface area (Å²) < 4.78 is 0. The lowest BCUT2D eigenvalue weighted by molar-refractivity contribution is -0.130. The molecule has 6 aliphatic carbocycles. The summed E-state index contributed by atoms with van der Waals surface area (Å²) in [5.41, 5.74) is 17.6. The summed E-state index contributed by atoms with van der Waals surface area (Å²) in [6, 6.07) is 27.6. The Balaban J connectivity index is 1.31. The summed E-state index contributed by atoms with van der Waals surface area (Å²) in [6.07, 6.45) is 14.3. The second-order valence-electron chi connectivity index (χ2n) is 20.1. The van der Waals surface area contributed by atoms with Crippen molar-refractivity contribution in [2.45, 2.75) is 142 Å². The zero-order chi connectivity index (χ0) is 35.9. The SMILES string of the molecule is CC(C)c1ccc2c3c(ccc2c1)-c1c(ccc2c1C(C)(C)C1=C2C(C)(C)c2ccccc21)C31C(C2CCCCC2)C(C(C)C)C1C1CCCCC1. The molecule has 1 spiro atoms. The summed E-state index contributed by atoms with van der Waals surface area (Å²) in [6.45, 7) is 20.1. The Morgan fingerprint density at radius 2 is 1.17 bits per heavy atom. The lowest BCUT2D eigenvalue weighted by atomic mass is 9.35. The molecule has 4 aromatic carbocycles. The maximum atomic E-state index is 2.75. The highest BCUT2D eigenvalue weighted by molar-refractivity contribution is 6.12. The van der Waals surface area contributed by atoms with Crippen molar-refractivity contribution in [3.8, 4) is 11.1 Å². The molecule has 0 radical (unpaired) electrons. The average molecular weight is 687 g/mol. The fourth-order valence-electron chi connectivity index (χ4n) is 14.5. The molecule has 0 heteroatoms. The maximum absolute atomic E-state index is 2.75. The van der Waals surface area contributed by atoms with Gasteiger partial charge in [0.15, 0.2) is 0 Å². The van der Waals surface area contributed by atoms with Crippen molar-refractivity contribution in [3.63, 3.8) is 0 Å². The van der Waals surface area contributed by atoms with Crippen LogP contribution in [0.4, 0.5) is 0 Å². The van der Waals surface area contributed by atoms with Crippen LogP contribution in [0, 0.1) is 35.5 Å². The Labute approximate surface area is 314 Å². The van der Waals surface area contributed by atoms with Crippen LogP contribution in [0.15, 0.2) is 66.7 Å². The Morgan fingerprint density at radius 1 is 0.558 bits per heavy atom. The van der Waals surface area contributed by atoms with Gasteiger partial charge in [-0.3, -0.25) is 0 Å². The Morgan fingerprint density at radius 3 is 1.81 bits per heavy atom. The number of hydrogen-bond acceptors (Lipinski definition) is 0. The van der Waals surface area contributed by atoms with E-state index in [1.807, 2.05) is 0 Å². The van der Waals surface area contributed by atoms with Gasteiger partial charge in [0, 0.05) is 16.2 Å². The van der Waals surface area contributed by atoms with Gasteiger partial charge in [0.1, 0.15) is 0 Å². The van der Waals surface area contributed by atoms with Crippen molar-refractivity contribution in [2.75, 3.05) is 0 Å². The lowest BCUT2D eigenvalue weighted by Gasteiger charge is -2.68. The standard InChI is InChI=1S/C52H62/c1-30(2)34-23-25-36-35(29-34)24-26-38-43-41(28-27-39-47(43)51(7,8)48-37-21-15-16-22-40(37)50(5,6)49(39)48)52(46(36)38)44(32-17-11-9-12-18-32)42(31(3)4)45(52)33-19-13-10-14-20-33/h15-16,21-33,42,44-45H,9-14,17-20H2,1-8H3. The third-order valence-electron chi connectivity index (χ3n) is 16.3. The Bertz CT molecular complexity index is 2110. The fourth-order valence-corrected chi connectivity index (χ4v) is 14.5. The van der Waals surface area contributed by atoms with E-state index in [4.69, 9.17) is 0 Å². The minimum absolute atomic E-state index is 0.00703. The van der Waals surface area contributed by atoms with Crippen molar-refractivity contribution < 1.29 is 0 Å². The van der Waals surface area contributed by atoms with E-state index in [9.17, 15) is 0 Å². The smallest absolute Gasteiger partial charge is 0.0288 e. The van der Waals surface area contributed by atoms with Crippen LogP contribution in [-0.4, -0.2) is 0 Å². The maximum Gasteiger partial charge on any atom is 0.0288 e. The summed E-state index contributed by atoms with van der Waals surface area (Å²) >= 11 is 0. The molecule has 10 rings (SSSR count). The second kappa shape index (κ2) is 11.4. The van der Waals surface area contributed by atoms with Gasteiger partial charge < -0.3 is 0 Å². The largest absolute Gasteiger partial charge is 0.0625 e. The molecule has 4 aromatic rings. The predicted octanol–water partition coefficient (Wildman–Crippen LogP) is 14.4. The molecule has 6 aliphatic rings. The van der Waals surface area contributed by atoms with Crippen LogP contribution in [0.5, 0.6) is 0 Å². The van der Waals surface area contributed by atoms with Crippen molar-refractivity contribution in [1.82, 2.24) is 0 Å². The number of rotatable bonds is 4. The molecular weight excluding hydrogens is 625 g/mol. The molecule has 0 heterocycles. The van der Waals surface area contributed by atoms with E-state index in [0.717, 1.165) is 29.6 Å². The molecule has 0 saturated heterocycles. The van der Waals surface area contributed by atoms with Crippen LogP contribution in [0.2, 0.25) is 0 Å². The quantitative estimate of drug-likeness (QED) is 0.200. The first-order valence-corrected chi connectivity index (χ1v) is 21.6. The number of fused-ring (bicyclic) bond motifs is 12. The van der Waals surface area contributed by atoms with Gasteiger partial charge >= 0.3 is 0 Å². The van der Waals surface area contributed by atoms with Crippen LogP contribution in [-0.2, 0) is 16.2 Å². The van der Waals surface area contributed by atoms with Crippen LogP contribution in [0.1, 0.15) is 164 Å². The van der Waals surface area contributed by atoms with Crippen molar-refractivity contribution in [3.05, 3.63) is 106 Å². The van der Waals surface area contributed by atoms with Gasteiger partial charge in [-0.05, 0) is 113 Å². The molecule has 2 unspecified atom stereocenters. The topological polar surface area (TPSA) is 0 Å². The highest BCUT2D eigenvalue weighted by atomic mass is 14.7. The van der Waals surface area contributed by atoms with E-state index in [-0.39, 0.29) is 16.2 Å². The molecule has 52 heavy (non-hydrogen) atoms.